The van der Waals surface area contributed by atoms with E-state index < -0.39 is 0 Å². The van der Waals surface area contributed by atoms with Crippen LogP contribution in [0.3, 0.4) is 0 Å². The maximum atomic E-state index is 11.8. The van der Waals surface area contributed by atoms with Crippen molar-refractivity contribution in [1.29, 1.82) is 0 Å². The van der Waals surface area contributed by atoms with Crippen molar-refractivity contribution in [3.63, 3.8) is 0 Å². The molecule has 4 nitrogen and oxygen atoms in total. The summed E-state index contributed by atoms with van der Waals surface area (Å²) < 4.78 is 5.79. The first-order chi connectivity index (χ1) is 12.8. The molecule has 1 aliphatic carbocycles. The van der Waals surface area contributed by atoms with Crippen molar-refractivity contribution in [2.45, 2.75) is 12.8 Å². The smallest absolute Gasteiger partial charge is 0.227 e. The van der Waals surface area contributed by atoms with Gasteiger partial charge in [0.25, 0.3) is 0 Å². The van der Waals surface area contributed by atoms with Gasteiger partial charge in [-0.25, -0.2) is 0 Å². The van der Waals surface area contributed by atoms with Gasteiger partial charge in [-0.3, -0.25) is 4.79 Å². The molecule has 0 atom stereocenters. The number of amides is 1. The summed E-state index contributed by atoms with van der Waals surface area (Å²) in [7, 11) is 0. The second kappa shape index (κ2) is 7.31. The lowest BCUT2D eigenvalue weighted by molar-refractivity contribution is -0.117. The minimum atomic E-state index is 0.125. The molecule has 0 radical (unpaired) electrons. The van der Waals surface area contributed by atoms with E-state index >= 15 is 0 Å². The second-order valence-corrected chi connectivity index (χ2v) is 6.41. The zero-order valence-electron chi connectivity index (χ0n) is 14.3. The van der Waals surface area contributed by atoms with Crippen molar-refractivity contribution >= 4 is 23.0 Å². The van der Waals surface area contributed by atoms with Crippen LogP contribution >= 0.6 is 0 Å². The Bertz CT molecular complexity index is 870. The zero-order chi connectivity index (χ0) is 17.8. The van der Waals surface area contributed by atoms with Gasteiger partial charge in [-0.2, -0.15) is 0 Å². The number of benzene rings is 3. The third kappa shape index (κ3) is 4.22. The molecule has 1 amide bonds. The van der Waals surface area contributed by atoms with Crippen LogP contribution in [0.15, 0.2) is 78.9 Å². The van der Waals surface area contributed by atoms with Crippen LogP contribution in [0.5, 0.6) is 11.5 Å². The number of hydrogen-bond acceptors (Lipinski definition) is 3. The molecule has 26 heavy (non-hydrogen) atoms. The molecule has 0 aromatic heterocycles. The average molecular weight is 344 g/mol. The van der Waals surface area contributed by atoms with Gasteiger partial charge in [0.15, 0.2) is 0 Å². The molecular formula is C22H20N2O2. The van der Waals surface area contributed by atoms with Crippen LogP contribution in [-0.4, -0.2) is 5.91 Å². The molecule has 0 heterocycles. The van der Waals surface area contributed by atoms with Gasteiger partial charge in [-0.15, -0.1) is 0 Å². The van der Waals surface area contributed by atoms with E-state index in [1.807, 2.05) is 78.9 Å². The van der Waals surface area contributed by atoms with E-state index in [1.54, 1.807) is 0 Å². The number of ether oxygens (including phenoxy) is 1. The number of carbonyl (C=O) groups excluding carboxylic acids is 1. The molecule has 1 fully saturated rings. The van der Waals surface area contributed by atoms with Crippen molar-refractivity contribution in [2.24, 2.45) is 5.92 Å². The molecule has 3 aromatic carbocycles. The SMILES string of the molecule is O=C(Nc1ccc(Nc2ccc(Oc3ccccc3)cc2)cc1)C1CC1. The fraction of sp³-hybridized carbons (Fsp3) is 0.136. The highest BCUT2D eigenvalue weighted by molar-refractivity contribution is 5.94. The number of nitrogens with one attached hydrogen (secondary N) is 2. The van der Waals surface area contributed by atoms with E-state index in [0.717, 1.165) is 41.4 Å². The van der Waals surface area contributed by atoms with Crippen molar-refractivity contribution < 1.29 is 9.53 Å². The number of carbonyl (C=O) groups is 1. The van der Waals surface area contributed by atoms with Gasteiger partial charge >= 0.3 is 0 Å². The highest BCUT2D eigenvalue weighted by atomic mass is 16.5. The summed E-state index contributed by atoms with van der Waals surface area (Å²) in [6, 6.07) is 25.2. The summed E-state index contributed by atoms with van der Waals surface area (Å²) in [5.41, 5.74) is 2.77. The minimum absolute atomic E-state index is 0.125. The summed E-state index contributed by atoms with van der Waals surface area (Å²) in [4.78, 5) is 11.8. The Balaban J connectivity index is 1.35. The number of rotatable bonds is 6. The minimum Gasteiger partial charge on any atom is -0.457 e. The Kier molecular flexibility index (Phi) is 4.56. The lowest BCUT2D eigenvalue weighted by Gasteiger charge is -2.10. The molecule has 0 unspecified atom stereocenters. The number of para-hydroxylation sites is 1. The zero-order valence-corrected chi connectivity index (χ0v) is 14.3. The average Bonchev–Trinajstić information content (AvgIpc) is 3.51. The predicted octanol–water partition coefficient (Wildman–Crippen LogP) is 5.57. The maximum Gasteiger partial charge on any atom is 0.227 e. The van der Waals surface area contributed by atoms with E-state index in [0.29, 0.717) is 0 Å². The molecule has 0 saturated heterocycles. The Morgan fingerprint density at radius 2 is 1.27 bits per heavy atom. The Hall–Kier alpha value is -3.27. The van der Waals surface area contributed by atoms with Crippen LogP contribution < -0.4 is 15.4 Å². The van der Waals surface area contributed by atoms with E-state index in [4.69, 9.17) is 4.74 Å². The predicted molar refractivity (Wildman–Crippen MR) is 104 cm³/mol. The van der Waals surface area contributed by atoms with E-state index in [-0.39, 0.29) is 11.8 Å². The lowest BCUT2D eigenvalue weighted by Crippen LogP contribution is -2.13. The standard InChI is InChI=1S/C22H20N2O2/c25-22(16-6-7-16)24-19-10-8-17(9-11-19)23-18-12-14-21(15-13-18)26-20-4-2-1-3-5-20/h1-5,8-16,23H,6-7H2,(H,24,25). The van der Waals surface area contributed by atoms with Gasteiger partial charge in [0.1, 0.15) is 11.5 Å². The molecule has 2 N–H and O–H groups in total. The summed E-state index contributed by atoms with van der Waals surface area (Å²) in [6.45, 7) is 0. The van der Waals surface area contributed by atoms with Crippen LogP contribution in [0.25, 0.3) is 0 Å². The van der Waals surface area contributed by atoms with E-state index in [9.17, 15) is 4.79 Å². The van der Waals surface area contributed by atoms with Gasteiger partial charge in [0.2, 0.25) is 5.91 Å². The highest BCUT2D eigenvalue weighted by Crippen LogP contribution is 2.30. The fourth-order valence-corrected chi connectivity index (χ4v) is 2.62. The first kappa shape index (κ1) is 16.2. The van der Waals surface area contributed by atoms with Crippen molar-refractivity contribution in [3.8, 4) is 11.5 Å². The molecule has 4 heteroatoms. The molecule has 0 spiro atoms. The normalized spacial score (nSPS) is 13.1. The molecule has 3 aromatic rings. The van der Waals surface area contributed by atoms with Gasteiger partial charge in [-0.05, 0) is 73.5 Å². The third-order valence-electron chi connectivity index (χ3n) is 4.22. The third-order valence-corrected chi connectivity index (χ3v) is 4.22. The summed E-state index contributed by atoms with van der Waals surface area (Å²) in [5, 5.41) is 6.28. The van der Waals surface area contributed by atoms with E-state index in [1.165, 1.54) is 0 Å². The van der Waals surface area contributed by atoms with Gasteiger partial charge < -0.3 is 15.4 Å². The number of hydrogen-bond donors (Lipinski definition) is 2. The molecular weight excluding hydrogens is 324 g/mol. The molecule has 130 valence electrons. The topological polar surface area (TPSA) is 50.4 Å². The molecule has 1 saturated carbocycles. The fourth-order valence-electron chi connectivity index (χ4n) is 2.62. The number of anilines is 3. The van der Waals surface area contributed by atoms with Gasteiger partial charge in [0, 0.05) is 23.0 Å². The lowest BCUT2D eigenvalue weighted by atomic mass is 10.2. The quantitative estimate of drug-likeness (QED) is 0.614. The Labute approximate surface area is 152 Å². The summed E-state index contributed by atoms with van der Waals surface area (Å²) in [5.74, 6) is 1.95. The Morgan fingerprint density at radius 1 is 0.731 bits per heavy atom. The molecule has 4 rings (SSSR count). The maximum absolute atomic E-state index is 11.8. The van der Waals surface area contributed by atoms with Crippen LogP contribution in [0, 0.1) is 5.92 Å². The van der Waals surface area contributed by atoms with Crippen LogP contribution in [0.2, 0.25) is 0 Å². The van der Waals surface area contributed by atoms with Crippen LogP contribution in [0.1, 0.15) is 12.8 Å². The van der Waals surface area contributed by atoms with Gasteiger partial charge in [0.05, 0.1) is 0 Å². The summed E-state index contributed by atoms with van der Waals surface area (Å²) >= 11 is 0. The molecule has 1 aliphatic rings. The van der Waals surface area contributed by atoms with Crippen molar-refractivity contribution in [2.75, 3.05) is 10.6 Å². The first-order valence-corrected chi connectivity index (χ1v) is 8.77. The largest absolute Gasteiger partial charge is 0.457 e. The molecule has 0 aliphatic heterocycles. The van der Waals surface area contributed by atoms with Crippen molar-refractivity contribution in [3.05, 3.63) is 78.9 Å². The van der Waals surface area contributed by atoms with E-state index in [2.05, 4.69) is 10.6 Å². The molecule has 0 bridgehead atoms. The van der Waals surface area contributed by atoms with Crippen LogP contribution in [0.4, 0.5) is 17.1 Å². The second-order valence-electron chi connectivity index (χ2n) is 6.41. The van der Waals surface area contributed by atoms with Crippen molar-refractivity contribution in [1.82, 2.24) is 0 Å². The summed E-state index contributed by atoms with van der Waals surface area (Å²) in [6.07, 6.45) is 2.02. The van der Waals surface area contributed by atoms with Crippen LogP contribution in [-0.2, 0) is 4.79 Å². The van der Waals surface area contributed by atoms with Gasteiger partial charge in [-0.1, -0.05) is 18.2 Å². The Morgan fingerprint density at radius 3 is 1.88 bits per heavy atom. The first-order valence-electron chi connectivity index (χ1n) is 8.77. The monoisotopic (exact) mass is 344 g/mol. The highest BCUT2D eigenvalue weighted by Gasteiger charge is 2.29.